The van der Waals surface area contributed by atoms with E-state index in [1.807, 2.05) is 0 Å². The van der Waals surface area contributed by atoms with Gasteiger partial charge in [0.25, 0.3) is 0 Å². The zero-order valence-electron chi connectivity index (χ0n) is 12.7. The topological polar surface area (TPSA) is 0 Å². The van der Waals surface area contributed by atoms with E-state index in [2.05, 4.69) is 0 Å². The highest BCUT2D eigenvalue weighted by Crippen LogP contribution is 1.95. The van der Waals surface area contributed by atoms with Gasteiger partial charge in [-0.25, -0.2) is 0 Å². The van der Waals surface area contributed by atoms with E-state index in [9.17, 15) is 0 Å². The van der Waals surface area contributed by atoms with Crippen LogP contribution < -0.4 is 0 Å². The molecule has 0 unspecified atom stereocenters. The van der Waals surface area contributed by atoms with Crippen LogP contribution in [0.4, 0.5) is 0 Å². The molecule has 0 amide bonds. The smallest absolute Gasteiger partial charge is 0.0266 e. The predicted molar refractivity (Wildman–Crippen MR) is 29.8 cm³/mol. The van der Waals surface area contributed by atoms with Gasteiger partial charge in [-0.3, -0.25) is 0 Å². The molecule has 0 spiro atoms. The van der Waals surface area contributed by atoms with Crippen molar-refractivity contribution in [1.29, 1.82) is 0 Å². The van der Waals surface area contributed by atoms with Crippen LogP contribution in [0.1, 0.15) is 51.7 Å². The second-order valence-corrected chi connectivity index (χ2v) is 0.677. The van der Waals surface area contributed by atoms with Crippen LogP contribution in [-0.2, 0) is 0 Å². The Morgan fingerprint density at radius 3 is 2.67 bits per heavy atom. The van der Waals surface area contributed by atoms with Crippen LogP contribution >= 0.6 is 0 Å². The van der Waals surface area contributed by atoms with Crippen LogP contribution in [0.3, 0.4) is 0 Å². The highest BCUT2D eigenvalue weighted by atomic mass is 13.8. The third-order valence-electron chi connectivity index (χ3n) is 0.276. The summed E-state index contributed by atoms with van der Waals surface area (Å²) in [5, 5.41) is 0. The molecule has 0 aliphatic heterocycles. The first kappa shape index (κ1) is 0.765. The maximum absolute atomic E-state index is 7.34. The lowest BCUT2D eigenvalue weighted by Crippen LogP contribution is -1.66. The molecule has 0 atom stereocenters. The predicted octanol–water partition coefficient (Wildman–Crippen LogP) is 2.59. The average molecular weight is 95.2 g/mol. The maximum Gasteiger partial charge on any atom is 0.0266 e. The standard InChI is InChI=1S/C6H14/c1-3-5-6-4-2/h3-6H2,1-2H3/i1D,3D2,4D2,5D2,6D2. The van der Waals surface area contributed by atoms with Crippen molar-refractivity contribution in [3.8, 4) is 0 Å². The molecule has 0 fully saturated rings. The molecule has 6 heavy (non-hydrogen) atoms. The van der Waals surface area contributed by atoms with E-state index in [0.717, 1.165) is 6.92 Å². The average Bonchev–Trinajstić information content (AvgIpc) is 2.01. The summed E-state index contributed by atoms with van der Waals surface area (Å²) in [5.41, 5.74) is 0. The summed E-state index contributed by atoms with van der Waals surface area (Å²) >= 11 is 0. The molecule has 0 rings (SSSR count). The van der Waals surface area contributed by atoms with Gasteiger partial charge in [0.05, 0.1) is 0 Å². The van der Waals surface area contributed by atoms with Crippen molar-refractivity contribution < 1.29 is 12.3 Å². The van der Waals surface area contributed by atoms with Crippen LogP contribution in [0.5, 0.6) is 0 Å². The van der Waals surface area contributed by atoms with E-state index in [-0.39, 0.29) is 0 Å². The fraction of sp³-hybridized carbons (Fsp3) is 1.00. The van der Waals surface area contributed by atoms with Crippen molar-refractivity contribution in [2.45, 2.75) is 39.3 Å². The van der Waals surface area contributed by atoms with Crippen LogP contribution in [0.2, 0.25) is 0 Å². The zero-order valence-corrected chi connectivity index (χ0v) is 3.71. The molecule has 0 radical (unpaired) electrons. The minimum absolute atomic E-state index is 0.852. The highest BCUT2D eigenvalue weighted by Gasteiger charge is 1.75. The number of hydrogen-bond acceptors (Lipinski definition) is 0. The van der Waals surface area contributed by atoms with Gasteiger partial charge in [-0.15, -0.1) is 0 Å². The highest BCUT2D eigenvalue weighted by molar-refractivity contribution is 4.31. The van der Waals surface area contributed by atoms with Gasteiger partial charge in [-0.1, -0.05) is 39.3 Å². The Morgan fingerprint density at radius 1 is 1.50 bits per heavy atom. The molecule has 0 N–H and O–H groups in total. The largest absolute Gasteiger partial charge is 0.0654 e. The van der Waals surface area contributed by atoms with Crippen molar-refractivity contribution in [3.05, 3.63) is 0 Å². The monoisotopic (exact) mass is 95.2 g/mol. The first-order valence-electron chi connectivity index (χ1n) is 6.31. The van der Waals surface area contributed by atoms with Gasteiger partial charge >= 0.3 is 0 Å². The molecule has 0 saturated heterocycles. The van der Waals surface area contributed by atoms with E-state index in [4.69, 9.17) is 12.3 Å². The Labute approximate surface area is 53.2 Å². The second-order valence-electron chi connectivity index (χ2n) is 0.677. The lowest BCUT2D eigenvalue weighted by atomic mass is 10.2. The Bertz CT molecular complexity index is 225. The summed E-state index contributed by atoms with van der Waals surface area (Å²) in [6, 6.07) is 0. The molecule has 0 aromatic heterocycles. The van der Waals surface area contributed by atoms with Gasteiger partial charge < -0.3 is 0 Å². The lowest BCUT2D eigenvalue weighted by molar-refractivity contribution is 0.702. The Kier molecular flexibility index (Phi) is 0.638. The minimum atomic E-state index is -3.07. The molecule has 0 aliphatic rings. The Hall–Kier alpha value is 0. The Morgan fingerprint density at radius 2 is 2.17 bits per heavy atom. The van der Waals surface area contributed by atoms with Crippen LogP contribution in [0.25, 0.3) is 0 Å². The first-order chi connectivity index (χ1) is 6.31. The van der Waals surface area contributed by atoms with Gasteiger partial charge in [-0.05, 0) is 0 Å². The quantitative estimate of drug-likeness (QED) is 0.505. The van der Waals surface area contributed by atoms with E-state index >= 15 is 0 Å². The van der Waals surface area contributed by atoms with Crippen molar-refractivity contribution in [2.75, 3.05) is 0 Å². The summed E-state index contributed by atoms with van der Waals surface area (Å²) in [5.74, 6) is 0. The number of hydrogen-bond donors (Lipinski definition) is 0. The molecule has 0 aromatic carbocycles. The SMILES string of the molecule is [2H]CC([2H])([2H])C([2H])([2H])C([2H])([2H])C([2H])([2H])C. The first-order valence-corrected chi connectivity index (χ1v) is 1.60. The fourth-order valence-electron chi connectivity index (χ4n) is 0.107. The van der Waals surface area contributed by atoms with Gasteiger partial charge in [-0.2, -0.15) is 0 Å². The third-order valence-corrected chi connectivity index (χ3v) is 0.276. The van der Waals surface area contributed by atoms with E-state index in [1.165, 1.54) is 0 Å². The number of rotatable bonds is 3. The molecule has 38 valence electrons. The van der Waals surface area contributed by atoms with Crippen molar-refractivity contribution in [1.82, 2.24) is 0 Å². The fourth-order valence-corrected chi connectivity index (χ4v) is 0.107. The summed E-state index contributed by atoms with van der Waals surface area (Å²) in [7, 11) is 0. The lowest BCUT2D eigenvalue weighted by Gasteiger charge is -1.86. The normalized spacial score (nSPS) is 40.5. The molecule has 0 aliphatic carbocycles. The van der Waals surface area contributed by atoms with E-state index < -0.39 is 32.4 Å². The van der Waals surface area contributed by atoms with E-state index in [1.54, 1.807) is 0 Å². The van der Waals surface area contributed by atoms with E-state index in [0.29, 0.717) is 0 Å². The summed E-state index contributed by atoms with van der Waals surface area (Å²) in [6.07, 6.45) is -11.3. The molecule has 0 aromatic rings. The zero-order chi connectivity index (χ0) is 12.7. The van der Waals surface area contributed by atoms with Crippen molar-refractivity contribution in [2.24, 2.45) is 0 Å². The van der Waals surface area contributed by atoms with Gasteiger partial charge in [0, 0.05) is 12.3 Å². The molecule has 0 heteroatoms. The maximum atomic E-state index is 7.34. The van der Waals surface area contributed by atoms with Crippen LogP contribution in [0.15, 0.2) is 0 Å². The molecular formula is C6H14. The summed E-state index contributed by atoms with van der Waals surface area (Å²) in [4.78, 5) is 0. The Balaban J connectivity index is 5.38. The second kappa shape index (κ2) is 5.00. The minimum Gasteiger partial charge on any atom is -0.0654 e. The molecule has 0 nitrogen and oxygen atoms in total. The van der Waals surface area contributed by atoms with Gasteiger partial charge in [0.2, 0.25) is 0 Å². The van der Waals surface area contributed by atoms with Crippen molar-refractivity contribution >= 4 is 0 Å². The molecule has 0 saturated carbocycles. The van der Waals surface area contributed by atoms with Crippen LogP contribution in [0, 0.1) is 0 Å². The van der Waals surface area contributed by atoms with Crippen LogP contribution in [-0.4, -0.2) is 0 Å². The molecular weight excluding hydrogens is 72.1 g/mol. The third kappa shape index (κ3) is 4.00. The molecule has 0 heterocycles. The summed E-state index contributed by atoms with van der Waals surface area (Å²) in [6.45, 7) is -0.111. The van der Waals surface area contributed by atoms with Crippen molar-refractivity contribution in [3.63, 3.8) is 0 Å². The van der Waals surface area contributed by atoms with Gasteiger partial charge in [0.1, 0.15) is 0 Å². The molecule has 0 bridgehead atoms. The van der Waals surface area contributed by atoms with Gasteiger partial charge in [0.15, 0.2) is 0 Å². The summed E-state index contributed by atoms with van der Waals surface area (Å²) < 4.78 is 65.0.